The zero-order chi connectivity index (χ0) is 20.1. The summed E-state index contributed by atoms with van der Waals surface area (Å²) < 4.78 is 14.7. The lowest BCUT2D eigenvalue weighted by Gasteiger charge is -2.19. The molecule has 4 N–H and O–H groups in total. The smallest absolute Gasteiger partial charge is 0.254 e. The maximum absolute atomic E-state index is 14.2. The van der Waals surface area contributed by atoms with Crippen molar-refractivity contribution in [3.05, 3.63) is 94.0 Å². The second kappa shape index (κ2) is 8.75. The van der Waals surface area contributed by atoms with Gasteiger partial charge in [0.1, 0.15) is 5.82 Å². The van der Waals surface area contributed by atoms with Crippen LogP contribution < -0.4 is 11.1 Å². The second-order valence-electron chi connectivity index (χ2n) is 6.21. The Labute approximate surface area is 170 Å². The van der Waals surface area contributed by atoms with Gasteiger partial charge >= 0.3 is 0 Å². The van der Waals surface area contributed by atoms with Gasteiger partial charge in [-0.1, -0.05) is 34.1 Å². The molecule has 0 radical (unpaired) electrons. The van der Waals surface area contributed by atoms with E-state index in [9.17, 15) is 9.18 Å². The Morgan fingerprint density at radius 3 is 2.57 bits per heavy atom. The molecule has 1 aromatic heterocycles. The Balaban J connectivity index is 1.84. The summed E-state index contributed by atoms with van der Waals surface area (Å²) in [5, 5.41) is 11.2. The first-order chi connectivity index (χ1) is 13.4. The molecule has 0 aliphatic rings. The fraction of sp³-hybridized carbons (Fsp3) is 0.0952. The Kier molecular flexibility index (Phi) is 6.16. The van der Waals surface area contributed by atoms with Crippen molar-refractivity contribution in [2.45, 2.75) is 12.5 Å². The number of hydrogen-bond donors (Lipinski definition) is 3. The van der Waals surface area contributed by atoms with Crippen LogP contribution in [0.4, 0.5) is 10.1 Å². The van der Waals surface area contributed by atoms with Gasteiger partial charge in [-0.3, -0.25) is 9.78 Å². The predicted octanol–water partition coefficient (Wildman–Crippen LogP) is 4.49. The number of hydrogen-bond acceptors (Lipinski definition) is 4. The number of pyridine rings is 1. The second-order valence-corrected chi connectivity index (χ2v) is 7.13. The molecule has 1 amide bonds. The van der Waals surface area contributed by atoms with Crippen LogP contribution in [0, 0.1) is 11.2 Å². The lowest BCUT2D eigenvalue weighted by molar-refractivity contribution is 0.0933. The summed E-state index contributed by atoms with van der Waals surface area (Å²) in [7, 11) is 0. The number of nitrogens with zero attached hydrogens (tertiary/aromatic N) is 1. The van der Waals surface area contributed by atoms with E-state index in [0.717, 1.165) is 0 Å². The largest absolute Gasteiger partial charge is 0.399 e. The molecule has 5 nitrogen and oxygen atoms in total. The van der Waals surface area contributed by atoms with Crippen molar-refractivity contribution in [2.24, 2.45) is 0 Å². The Bertz CT molecular complexity index is 993. The number of rotatable bonds is 6. The SMILES string of the molecule is N=C(CC(NC(=O)c1ccc(Br)cc1F)c1ccccn1)c1ccc(N)cc1. The molecule has 1 unspecified atom stereocenters. The van der Waals surface area contributed by atoms with Gasteiger partial charge in [-0.15, -0.1) is 0 Å². The third kappa shape index (κ3) is 4.80. The van der Waals surface area contributed by atoms with Crippen molar-refractivity contribution >= 4 is 33.2 Å². The molecular weight excluding hydrogens is 423 g/mol. The number of halogens is 2. The molecule has 0 bridgehead atoms. The first-order valence-corrected chi connectivity index (χ1v) is 9.33. The highest BCUT2D eigenvalue weighted by Crippen LogP contribution is 2.21. The standard InChI is InChI=1S/C21H18BrFN4O/c22-14-6-9-16(17(23)11-14)21(28)27-20(19-3-1-2-10-26-19)12-18(25)13-4-7-15(24)8-5-13/h1-11,20,25H,12,24H2,(H,27,28). The van der Waals surface area contributed by atoms with E-state index in [2.05, 4.69) is 26.2 Å². The van der Waals surface area contributed by atoms with Crippen molar-refractivity contribution < 1.29 is 9.18 Å². The number of nitrogens with one attached hydrogen (secondary N) is 2. The molecule has 2 aromatic carbocycles. The zero-order valence-corrected chi connectivity index (χ0v) is 16.4. The monoisotopic (exact) mass is 440 g/mol. The van der Waals surface area contributed by atoms with Gasteiger partial charge in [-0.05, 0) is 48.0 Å². The normalized spacial score (nSPS) is 11.6. The molecule has 142 valence electrons. The highest BCUT2D eigenvalue weighted by atomic mass is 79.9. The Morgan fingerprint density at radius 1 is 1.18 bits per heavy atom. The van der Waals surface area contributed by atoms with Crippen LogP contribution in [-0.2, 0) is 0 Å². The van der Waals surface area contributed by atoms with Gasteiger partial charge in [0, 0.05) is 28.5 Å². The Morgan fingerprint density at radius 2 is 1.93 bits per heavy atom. The molecule has 28 heavy (non-hydrogen) atoms. The molecule has 0 aliphatic heterocycles. The topological polar surface area (TPSA) is 91.9 Å². The summed E-state index contributed by atoms with van der Waals surface area (Å²) in [6, 6.07) is 15.9. The van der Waals surface area contributed by atoms with E-state index in [1.165, 1.54) is 12.1 Å². The number of nitrogen functional groups attached to an aromatic ring is 1. The molecule has 3 rings (SSSR count). The van der Waals surface area contributed by atoms with E-state index in [-0.39, 0.29) is 12.0 Å². The number of amides is 1. The van der Waals surface area contributed by atoms with Crippen LogP contribution in [0.1, 0.15) is 34.1 Å². The van der Waals surface area contributed by atoms with E-state index in [0.29, 0.717) is 27.1 Å². The van der Waals surface area contributed by atoms with Crippen LogP contribution in [0.2, 0.25) is 0 Å². The summed E-state index contributed by atoms with van der Waals surface area (Å²) in [6.07, 6.45) is 1.81. The lowest BCUT2D eigenvalue weighted by atomic mass is 9.99. The molecule has 0 fully saturated rings. The minimum atomic E-state index is -0.625. The highest BCUT2D eigenvalue weighted by molar-refractivity contribution is 9.10. The fourth-order valence-corrected chi connectivity index (χ4v) is 3.06. The predicted molar refractivity (Wildman–Crippen MR) is 111 cm³/mol. The van der Waals surface area contributed by atoms with Gasteiger partial charge in [0.15, 0.2) is 0 Å². The van der Waals surface area contributed by atoms with E-state index < -0.39 is 17.8 Å². The van der Waals surface area contributed by atoms with Crippen LogP contribution in [0.15, 0.2) is 71.3 Å². The fourth-order valence-electron chi connectivity index (χ4n) is 2.73. The summed E-state index contributed by atoms with van der Waals surface area (Å²) in [6.45, 7) is 0. The third-order valence-corrected chi connectivity index (χ3v) is 4.69. The summed E-state index contributed by atoms with van der Waals surface area (Å²) in [5.41, 5.74) is 7.84. The molecule has 0 saturated carbocycles. The summed E-state index contributed by atoms with van der Waals surface area (Å²) in [5.74, 6) is -1.19. The third-order valence-electron chi connectivity index (χ3n) is 4.19. The molecular formula is C21H18BrFN4O. The number of carbonyl (C=O) groups is 1. The van der Waals surface area contributed by atoms with Crippen molar-refractivity contribution in [3.8, 4) is 0 Å². The molecule has 1 heterocycles. The van der Waals surface area contributed by atoms with Gasteiger partial charge in [-0.25, -0.2) is 4.39 Å². The molecule has 0 saturated heterocycles. The molecule has 0 spiro atoms. The van der Waals surface area contributed by atoms with E-state index >= 15 is 0 Å². The van der Waals surface area contributed by atoms with E-state index in [1.807, 2.05) is 0 Å². The molecule has 3 aromatic rings. The number of carbonyl (C=O) groups excluding carboxylic acids is 1. The average Bonchev–Trinajstić information content (AvgIpc) is 2.68. The van der Waals surface area contributed by atoms with Crippen molar-refractivity contribution in [1.29, 1.82) is 5.41 Å². The van der Waals surface area contributed by atoms with Gasteiger partial charge in [0.25, 0.3) is 5.91 Å². The minimum Gasteiger partial charge on any atom is -0.399 e. The van der Waals surface area contributed by atoms with Crippen LogP contribution in [0.5, 0.6) is 0 Å². The van der Waals surface area contributed by atoms with Crippen molar-refractivity contribution in [1.82, 2.24) is 10.3 Å². The van der Waals surface area contributed by atoms with Crippen LogP contribution >= 0.6 is 15.9 Å². The number of aromatic nitrogens is 1. The number of anilines is 1. The highest BCUT2D eigenvalue weighted by Gasteiger charge is 2.21. The van der Waals surface area contributed by atoms with E-state index in [1.54, 1.807) is 54.7 Å². The zero-order valence-electron chi connectivity index (χ0n) is 14.8. The maximum atomic E-state index is 14.2. The summed E-state index contributed by atoms with van der Waals surface area (Å²) in [4.78, 5) is 16.9. The lowest BCUT2D eigenvalue weighted by Crippen LogP contribution is -2.31. The molecule has 0 aliphatic carbocycles. The van der Waals surface area contributed by atoms with Crippen LogP contribution in [-0.4, -0.2) is 16.6 Å². The van der Waals surface area contributed by atoms with E-state index in [4.69, 9.17) is 11.1 Å². The quantitative estimate of drug-likeness (QED) is 0.389. The van der Waals surface area contributed by atoms with Gasteiger partial charge in [0.2, 0.25) is 0 Å². The number of benzene rings is 2. The van der Waals surface area contributed by atoms with Crippen LogP contribution in [0.3, 0.4) is 0 Å². The first kappa shape index (κ1) is 19.7. The number of nitrogens with two attached hydrogens (primary N) is 1. The van der Waals surface area contributed by atoms with Crippen molar-refractivity contribution in [3.63, 3.8) is 0 Å². The van der Waals surface area contributed by atoms with Crippen LogP contribution in [0.25, 0.3) is 0 Å². The van der Waals surface area contributed by atoms with Gasteiger partial charge in [0.05, 0.1) is 17.3 Å². The van der Waals surface area contributed by atoms with Gasteiger partial charge in [-0.2, -0.15) is 0 Å². The minimum absolute atomic E-state index is 0.0665. The van der Waals surface area contributed by atoms with Gasteiger partial charge < -0.3 is 16.5 Å². The first-order valence-electron chi connectivity index (χ1n) is 8.54. The average molecular weight is 441 g/mol. The summed E-state index contributed by atoms with van der Waals surface area (Å²) >= 11 is 3.18. The molecule has 7 heteroatoms. The van der Waals surface area contributed by atoms with Crippen molar-refractivity contribution in [2.75, 3.05) is 5.73 Å². The maximum Gasteiger partial charge on any atom is 0.254 e. The Hall–Kier alpha value is -3.06. The molecule has 1 atom stereocenters.